The number of fused-ring (bicyclic) bond motifs is 1. The van der Waals surface area contributed by atoms with Gasteiger partial charge in [0.2, 0.25) is 5.91 Å². The van der Waals surface area contributed by atoms with E-state index in [1.165, 1.54) is 16.9 Å². The molecule has 162 valence electrons. The largest absolute Gasteiger partial charge is 0.467 e. The Bertz CT molecular complexity index is 1030. The van der Waals surface area contributed by atoms with E-state index in [-0.39, 0.29) is 30.5 Å². The third-order valence-electron chi connectivity index (χ3n) is 5.98. The van der Waals surface area contributed by atoms with E-state index in [2.05, 4.69) is 0 Å². The minimum Gasteiger partial charge on any atom is -0.467 e. The lowest BCUT2D eigenvalue weighted by atomic mass is 9.94. The molecule has 2 aliphatic heterocycles. The first-order valence-corrected chi connectivity index (χ1v) is 10.1. The fourth-order valence-electron chi connectivity index (χ4n) is 4.34. The van der Waals surface area contributed by atoms with E-state index in [9.17, 15) is 23.2 Å². The zero-order chi connectivity index (χ0) is 22.1. The van der Waals surface area contributed by atoms with Crippen LogP contribution in [0, 0.1) is 17.6 Å². The van der Waals surface area contributed by atoms with Gasteiger partial charge in [-0.05, 0) is 36.6 Å². The summed E-state index contributed by atoms with van der Waals surface area (Å²) in [5, 5.41) is 0. The first-order chi connectivity index (χ1) is 14.9. The average molecular weight is 428 g/mol. The highest BCUT2D eigenvalue weighted by Crippen LogP contribution is 2.35. The number of carbonyl (C=O) groups is 3. The van der Waals surface area contributed by atoms with E-state index in [1.807, 2.05) is 24.3 Å². The Morgan fingerprint density at radius 3 is 2.42 bits per heavy atom. The number of rotatable bonds is 3. The standard InChI is InChI=1S/C23H22F2N2O4/c1-31-23(30)20-12-15-4-2-3-5-19(15)27(20)21(28)14-8-10-26(11-9-14)22(29)17-7-6-16(24)13-18(17)25/h2-7,13-14,20H,8-12H2,1H3. The lowest BCUT2D eigenvalue weighted by molar-refractivity contribution is -0.143. The average Bonchev–Trinajstić information content (AvgIpc) is 3.17. The van der Waals surface area contributed by atoms with Gasteiger partial charge in [0.15, 0.2) is 0 Å². The van der Waals surface area contributed by atoms with Crippen LogP contribution in [0.25, 0.3) is 0 Å². The summed E-state index contributed by atoms with van der Waals surface area (Å²) >= 11 is 0. The Hall–Kier alpha value is -3.29. The maximum atomic E-state index is 14.0. The predicted octanol–water partition coefficient (Wildman–Crippen LogP) is 2.95. The number of hydrogen-bond donors (Lipinski definition) is 0. The van der Waals surface area contributed by atoms with Crippen molar-refractivity contribution in [2.45, 2.75) is 25.3 Å². The summed E-state index contributed by atoms with van der Waals surface area (Å²) in [5.41, 5.74) is 1.42. The van der Waals surface area contributed by atoms with Gasteiger partial charge in [-0.2, -0.15) is 0 Å². The SMILES string of the molecule is COC(=O)C1Cc2ccccc2N1C(=O)C1CCN(C(=O)c2ccc(F)cc2F)CC1. The summed E-state index contributed by atoms with van der Waals surface area (Å²) < 4.78 is 32.0. The van der Waals surface area contributed by atoms with Gasteiger partial charge < -0.3 is 9.64 Å². The number of methoxy groups -OCH3 is 1. The minimum absolute atomic E-state index is 0.180. The van der Waals surface area contributed by atoms with Crippen LogP contribution in [-0.4, -0.2) is 48.9 Å². The van der Waals surface area contributed by atoms with Crippen LogP contribution in [0.2, 0.25) is 0 Å². The Morgan fingerprint density at radius 1 is 1.03 bits per heavy atom. The molecule has 0 saturated carbocycles. The van der Waals surface area contributed by atoms with E-state index in [1.54, 1.807) is 0 Å². The molecule has 1 atom stereocenters. The number of likely N-dealkylation sites (tertiary alicyclic amines) is 1. The first-order valence-electron chi connectivity index (χ1n) is 10.1. The number of halogens is 2. The summed E-state index contributed by atoms with van der Waals surface area (Å²) in [6.07, 6.45) is 1.18. The molecule has 0 aliphatic carbocycles. The summed E-state index contributed by atoms with van der Waals surface area (Å²) in [6.45, 7) is 0.537. The summed E-state index contributed by atoms with van der Waals surface area (Å²) in [5.74, 6) is -3.20. The molecule has 2 aromatic rings. The number of anilines is 1. The monoisotopic (exact) mass is 428 g/mol. The van der Waals surface area contributed by atoms with Crippen LogP contribution in [0.4, 0.5) is 14.5 Å². The summed E-state index contributed by atoms with van der Waals surface area (Å²) in [4.78, 5) is 41.2. The maximum Gasteiger partial charge on any atom is 0.329 e. The molecule has 8 heteroatoms. The normalized spacial score (nSPS) is 18.6. The third-order valence-corrected chi connectivity index (χ3v) is 5.98. The van der Waals surface area contributed by atoms with E-state index >= 15 is 0 Å². The van der Waals surface area contributed by atoms with Gasteiger partial charge in [-0.25, -0.2) is 13.6 Å². The van der Waals surface area contributed by atoms with Crippen molar-refractivity contribution in [3.8, 4) is 0 Å². The quantitative estimate of drug-likeness (QED) is 0.705. The molecule has 0 N–H and O–H groups in total. The topological polar surface area (TPSA) is 66.9 Å². The smallest absolute Gasteiger partial charge is 0.329 e. The molecule has 2 aliphatic rings. The molecule has 31 heavy (non-hydrogen) atoms. The lowest BCUT2D eigenvalue weighted by Gasteiger charge is -2.34. The van der Waals surface area contributed by atoms with Crippen molar-refractivity contribution in [2.75, 3.05) is 25.1 Å². The van der Waals surface area contributed by atoms with E-state index in [0.29, 0.717) is 31.0 Å². The van der Waals surface area contributed by atoms with Crippen LogP contribution in [-0.2, 0) is 20.7 Å². The highest BCUT2D eigenvalue weighted by molar-refractivity contribution is 6.03. The molecular formula is C23H22F2N2O4. The molecule has 4 rings (SSSR count). The van der Waals surface area contributed by atoms with Crippen molar-refractivity contribution < 1.29 is 27.9 Å². The lowest BCUT2D eigenvalue weighted by Crippen LogP contribution is -2.49. The Labute approximate surface area is 178 Å². The van der Waals surface area contributed by atoms with Crippen LogP contribution in [0.3, 0.4) is 0 Å². The van der Waals surface area contributed by atoms with Gasteiger partial charge in [0.1, 0.15) is 17.7 Å². The van der Waals surface area contributed by atoms with Gasteiger partial charge in [0.05, 0.1) is 12.7 Å². The molecule has 1 fully saturated rings. The van der Waals surface area contributed by atoms with Crippen LogP contribution in [0.5, 0.6) is 0 Å². The molecular weight excluding hydrogens is 406 g/mol. The molecule has 2 heterocycles. The van der Waals surface area contributed by atoms with Gasteiger partial charge in [0.25, 0.3) is 5.91 Å². The second kappa shape index (κ2) is 8.45. The van der Waals surface area contributed by atoms with Gasteiger partial charge in [-0.1, -0.05) is 18.2 Å². The van der Waals surface area contributed by atoms with E-state index in [4.69, 9.17) is 4.74 Å². The molecule has 1 unspecified atom stereocenters. The first kappa shape index (κ1) is 21.0. The summed E-state index contributed by atoms with van der Waals surface area (Å²) in [6, 6.07) is 9.53. The zero-order valence-electron chi connectivity index (χ0n) is 17.0. The number of para-hydroxylation sites is 1. The summed E-state index contributed by atoms with van der Waals surface area (Å²) in [7, 11) is 1.30. The molecule has 0 radical (unpaired) electrons. The maximum absolute atomic E-state index is 14.0. The highest BCUT2D eigenvalue weighted by Gasteiger charge is 2.42. The van der Waals surface area contributed by atoms with Crippen LogP contribution < -0.4 is 4.90 Å². The van der Waals surface area contributed by atoms with Crippen molar-refractivity contribution in [1.29, 1.82) is 0 Å². The fourth-order valence-corrected chi connectivity index (χ4v) is 4.34. The van der Waals surface area contributed by atoms with Crippen molar-refractivity contribution in [2.24, 2.45) is 5.92 Å². The molecule has 0 bridgehead atoms. The molecule has 2 amide bonds. The number of amides is 2. The number of carbonyl (C=O) groups excluding carboxylic acids is 3. The van der Waals surface area contributed by atoms with Crippen molar-refractivity contribution in [3.63, 3.8) is 0 Å². The van der Waals surface area contributed by atoms with Gasteiger partial charge in [-0.15, -0.1) is 0 Å². The number of hydrogen-bond acceptors (Lipinski definition) is 4. The molecule has 1 saturated heterocycles. The Balaban J connectivity index is 1.47. The van der Waals surface area contributed by atoms with Crippen molar-refractivity contribution in [1.82, 2.24) is 4.90 Å². The Morgan fingerprint density at radius 2 is 1.74 bits per heavy atom. The fraction of sp³-hybridized carbons (Fsp3) is 0.348. The number of piperidine rings is 1. The van der Waals surface area contributed by atoms with Crippen LogP contribution in [0.1, 0.15) is 28.8 Å². The minimum atomic E-state index is -0.905. The van der Waals surface area contributed by atoms with E-state index < -0.39 is 29.6 Å². The zero-order valence-corrected chi connectivity index (χ0v) is 17.0. The van der Waals surface area contributed by atoms with Crippen molar-refractivity contribution in [3.05, 3.63) is 65.2 Å². The molecule has 0 aromatic heterocycles. The van der Waals surface area contributed by atoms with Gasteiger partial charge in [-0.3, -0.25) is 14.5 Å². The number of ether oxygens (including phenoxy) is 1. The van der Waals surface area contributed by atoms with Gasteiger partial charge in [0, 0.05) is 37.2 Å². The predicted molar refractivity (Wildman–Crippen MR) is 108 cm³/mol. The molecule has 2 aromatic carbocycles. The van der Waals surface area contributed by atoms with Crippen LogP contribution in [0.15, 0.2) is 42.5 Å². The second-order valence-corrected chi connectivity index (χ2v) is 7.77. The van der Waals surface area contributed by atoms with Crippen LogP contribution >= 0.6 is 0 Å². The number of benzene rings is 2. The Kier molecular flexibility index (Phi) is 5.71. The number of nitrogens with zero attached hydrogens (tertiary/aromatic N) is 2. The number of esters is 1. The van der Waals surface area contributed by atoms with Gasteiger partial charge >= 0.3 is 5.97 Å². The second-order valence-electron chi connectivity index (χ2n) is 7.77. The third kappa shape index (κ3) is 3.89. The highest BCUT2D eigenvalue weighted by atomic mass is 19.1. The van der Waals surface area contributed by atoms with Crippen molar-refractivity contribution >= 4 is 23.5 Å². The molecule has 6 nitrogen and oxygen atoms in total. The molecule has 0 spiro atoms. The van der Waals surface area contributed by atoms with E-state index in [0.717, 1.165) is 17.7 Å².